The second-order valence-corrected chi connectivity index (χ2v) is 7.29. The van der Waals surface area contributed by atoms with Crippen molar-refractivity contribution in [1.82, 2.24) is 4.90 Å². The second kappa shape index (κ2) is 6.19. The molecule has 0 aromatic heterocycles. The van der Waals surface area contributed by atoms with E-state index in [-0.39, 0.29) is 24.5 Å². The molecule has 1 aromatic carbocycles. The first-order valence-electron chi connectivity index (χ1n) is 8.37. The third-order valence-corrected chi connectivity index (χ3v) is 5.23. The van der Waals surface area contributed by atoms with Crippen molar-refractivity contribution in [3.05, 3.63) is 28.8 Å². The predicted octanol–water partition coefficient (Wildman–Crippen LogP) is 2.21. The van der Waals surface area contributed by atoms with E-state index >= 15 is 0 Å². The molecule has 3 atom stereocenters. The molecule has 1 aromatic rings. The number of fused-ring (bicyclic) bond motifs is 3. The topological polar surface area (TPSA) is 63.9 Å². The van der Waals surface area contributed by atoms with Crippen LogP contribution in [-0.2, 0) is 13.0 Å². The number of aliphatic hydroxyl groups excluding tert-OH is 2. The van der Waals surface area contributed by atoms with Gasteiger partial charge in [-0.1, -0.05) is 13.8 Å². The fraction of sp³-hybridized carbons (Fsp3) is 0.667. The van der Waals surface area contributed by atoms with Crippen LogP contribution in [0.1, 0.15) is 49.4 Å². The van der Waals surface area contributed by atoms with Gasteiger partial charge >= 0.3 is 0 Å². The van der Waals surface area contributed by atoms with E-state index in [1.165, 1.54) is 5.56 Å². The molecule has 0 spiro atoms. The van der Waals surface area contributed by atoms with Crippen LogP contribution in [0.25, 0.3) is 0 Å². The Morgan fingerprint density at radius 2 is 2.09 bits per heavy atom. The van der Waals surface area contributed by atoms with Crippen LogP contribution >= 0.6 is 0 Å². The zero-order valence-electron chi connectivity index (χ0n) is 13.5. The molecule has 3 rings (SSSR count). The lowest BCUT2D eigenvalue weighted by Crippen LogP contribution is -2.48. The molecule has 0 bridgehead atoms. The van der Waals surface area contributed by atoms with Gasteiger partial charge in [0, 0.05) is 24.7 Å². The third kappa shape index (κ3) is 2.87. The molecule has 22 heavy (non-hydrogen) atoms. The number of nitrogens with zero attached hydrogens (tertiary/aromatic N) is 1. The molecule has 3 N–H and O–H groups in total. The van der Waals surface area contributed by atoms with E-state index in [4.69, 9.17) is 0 Å². The molecule has 1 saturated heterocycles. The number of piperidine rings is 1. The van der Waals surface area contributed by atoms with Gasteiger partial charge in [0.15, 0.2) is 0 Å². The van der Waals surface area contributed by atoms with Gasteiger partial charge in [-0.3, -0.25) is 4.90 Å². The van der Waals surface area contributed by atoms with Crippen LogP contribution in [-0.4, -0.2) is 39.4 Å². The van der Waals surface area contributed by atoms with Gasteiger partial charge in [-0.25, -0.2) is 0 Å². The van der Waals surface area contributed by atoms with Gasteiger partial charge < -0.3 is 15.3 Å². The molecule has 0 amide bonds. The SMILES string of the molecule is CC(C)CC1CN2CCc3cc(O)c(CO)cc3C2C[C@H]1O. The maximum absolute atomic E-state index is 10.5. The summed E-state index contributed by atoms with van der Waals surface area (Å²) in [5.41, 5.74) is 2.92. The lowest BCUT2D eigenvalue weighted by molar-refractivity contribution is -0.0191. The fourth-order valence-corrected chi connectivity index (χ4v) is 4.14. The Morgan fingerprint density at radius 1 is 1.32 bits per heavy atom. The van der Waals surface area contributed by atoms with Gasteiger partial charge in [0.25, 0.3) is 0 Å². The number of phenols is 1. The smallest absolute Gasteiger partial charge is 0.121 e. The second-order valence-electron chi connectivity index (χ2n) is 7.29. The number of hydrogen-bond acceptors (Lipinski definition) is 4. The molecule has 4 nitrogen and oxygen atoms in total. The highest BCUT2D eigenvalue weighted by Gasteiger charge is 2.38. The lowest BCUT2D eigenvalue weighted by Gasteiger charge is -2.46. The fourth-order valence-electron chi connectivity index (χ4n) is 4.14. The number of benzene rings is 1. The van der Waals surface area contributed by atoms with Crippen molar-refractivity contribution in [2.75, 3.05) is 13.1 Å². The van der Waals surface area contributed by atoms with Crippen LogP contribution in [0, 0.1) is 11.8 Å². The highest BCUT2D eigenvalue weighted by molar-refractivity contribution is 5.44. The molecule has 0 saturated carbocycles. The van der Waals surface area contributed by atoms with Crippen molar-refractivity contribution in [2.45, 2.75) is 51.9 Å². The standard InChI is InChI=1S/C18H27NO3/c1-11(2)5-13-9-19-4-3-12-7-17(21)14(10-20)6-15(12)16(19)8-18(13)22/h6-7,11,13,16,18,20-22H,3-5,8-10H2,1-2H3/t13?,16?,18-/m1/s1. The molecular formula is C18H27NO3. The van der Waals surface area contributed by atoms with E-state index in [0.717, 1.165) is 37.9 Å². The van der Waals surface area contributed by atoms with Crippen LogP contribution in [0.2, 0.25) is 0 Å². The highest BCUT2D eigenvalue weighted by Crippen LogP contribution is 2.41. The summed E-state index contributed by atoms with van der Waals surface area (Å²) in [4.78, 5) is 2.47. The van der Waals surface area contributed by atoms with Gasteiger partial charge in [0.1, 0.15) is 5.75 Å². The van der Waals surface area contributed by atoms with Gasteiger partial charge in [0.2, 0.25) is 0 Å². The van der Waals surface area contributed by atoms with E-state index < -0.39 is 0 Å². The average molecular weight is 305 g/mol. The first-order valence-corrected chi connectivity index (χ1v) is 8.37. The van der Waals surface area contributed by atoms with Gasteiger partial charge in [0.05, 0.1) is 12.7 Å². The van der Waals surface area contributed by atoms with Crippen molar-refractivity contribution in [1.29, 1.82) is 0 Å². The van der Waals surface area contributed by atoms with Crippen molar-refractivity contribution < 1.29 is 15.3 Å². The third-order valence-electron chi connectivity index (χ3n) is 5.23. The zero-order chi connectivity index (χ0) is 15.9. The Balaban J connectivity index is 1.86. The van der Waals surface area contributed by atoms with E-state index in [1.54, 1.807) is 6.07 Å². The van der Waals surface area contributed by atoms with E-state index in [2.05, 4.69) is 18.7 Å². The van der Waals surface area contributed by atoms with Gasteiger partial charge in [-0.05, 0) is 54.4 Å². The minimum Gasteiger partial charge on any atom is -0.508 e. The number of hydrogen-bond donors (Lipinski definition) is 3. The van der Waals surface area contributed by atoms with Crippen molar-refractivity contribution in [3.63, 3.8) is 0 Å². The number of aromatic hydroxyl groups is 1. The Hall–Kier alpha value is -1.10. The quantitative estimate of drug-likeness (QED) is 0.801. The Kier molecular flexibility index (Phi) is 4.44. The summed E-state index contributed by atoms with van der Waals surface area (Å²) >= 11 is 0. The summed E-state index contributed by atoms with van der Waals surface area (Å²) in [6.07, 6.45) is 2.48. The van der Waals surface area contributed by atoms with Crippen LogP contribution in [0.15, 0.2) is 12.1 Å². The van der Waals surface area contributed by atoms with Crippen LogP contribution in [0.3, 0.4) is 0 Å². The maximum atomic E-state index is 10.5. The van der Waals surface area contributed by atoms with Crippen molar-refractivity contribution in [3.8, 4) is 5.75 Å². The number of rotatable bonds is 3. The Morgan fingerprint density at radius 3 is 2.77 bits per heavy atom. The molecule has 2 heterocycles. The maximum Gasteiger partial charge on any atom is 0.121 e. The Bertz CT molecular complexity index is 543. The first kappa shape index (κ1) is 15.8. The van der Waals surface area contributed by atoms with E-state index in [1.807, 2.05) is 6.07 Å². The molecule has 4 heteroatoms. The largest absolute Gasteiger partial charge is 0.508 e. The van der Waals surface area contributed by atoms with E-state index in [0.29, 0.717) is 17.4 Å². The summed E-state index contributed by atoms with van der Waals surface area (Å²) in [7, 11) is 0. The summed E-state index contributed by atoms with van der Waals surface area (Å²) in [5.74, 6) is 1.14. The molecular weight excluding hydrogens is 278 g/mol. The molecule has 2 unspecified atom stereocenters. The summed E-state index contributed by atoms with van der Waals surface area (Å²) in [5, 5.41) is 29.9. The number of aliphatic hydroxyl groups is 2. The molecule has 2 aliphatic rings. The van der Waals surface area contributed by atoms with Crippen LogP contribution < -0.4 is 0 Å². The monoisotopic (exact) mass is 305 g/mol. The molecule has 2 aliphatic heterocycles. The molecule has 1 fully saturated rings. The van der Waals surface area contributed by atoms with Crippen molar-refractivity contribution >= 4 is 0 Å². The van der Waals surface area contributed by atoms with Crippen LogP contribution in [0.5, 0.6) is 5.75 Å². The first-order chi connectivity index (χ1) is 10.5. The summed E-state index contributed by atoms with van der Waals surface area (Å²) in [6.45, 7) is 6.20. The van der Waals surface area contributed by atoms with Gasteiger partial charge in [-0.2, -0.15) is 0 Å². The highest BCUT2D eigenvalue weighted by atomic mass is 16.3. The summed E-state index contributed by atoms with van der Waals surface area (Å²) < 4.78 is 0. The zero-order valence-corrected chi connectivity index (χ0v) is 13.5. The lowest BCUT2D eigenvalue weighted by atomic mass is 9.79. The minimum atomic E-state index is -0.263. The van der Waals surface area contributed by atoms with Crippen LogP contribution in [0.4, 0.5) is 0 Å². The van der Waals surface area contributed by atoms with Gasteiger partial charge in [-0.15, -0.1) is 0 Å². The van der Waals surface area contributed by atoms with Crippen molar-refractivity contribution in [2.24, 2.45) is 11.8 Å². The molecule has 0 radical (unpaired) electrons. The molecule has 122 valence electrons. The minimum absolute atomic E-state index is 0.148. The average Bonchev–Trinajstić information content (AvgIpc) is 2.47. The predicted molar refractivity (Wildman–Crippen MR) is 85.6 cm³/mol. The normalized spacial score (nSPS) is 28.5. The molecule has 0 aliphatic carbocycles. The summed E-state index contributed by atoms with van der Waals surface area (Å²) in [6, 6.07) is 3.94. The van der Waals surface area contributed by atoms with E-state index in [9.17, 15) is 15.3 Å². The Labute approximate surface area is 132 Å².